The molecule has 0 unspecified atom stereocenters. The van der Waals surface area contributed by atoms with Crippen LogP contribution in [0.1, 0.15) is 17.4 Å². The van der Waals surface area contributed by atoms with Gasteiger partial charge in [0.05, 0.1) is 12.5 Å². The maximum atomic E-state index is 11.2. The van der Waals surface area contributed by atoms with Crippen LogP contribution in [0.4, 0.5) is 0 Å². The highest BCUT2D eigenvalue weighted by Gasteiger charge is 2.25. The summed E-state index contributed by atoms with van der Waals surface area (Å²) in [5.41, 5.74) is 0. The normalized spacial score (nSPS) is 10.7. The van der Waals surface area contributed by atoms with E-state index in [1.165, 1.54) is 12.5 Å². The highest BCUT2D eigenvalue weighted by molar-refractivity contribution is 6.65. The van der Waals surface area contributed by atoms with Crippen LogP contribution in [-0.4, -0.2) is 5.24 Å². The Morgan fingerprint density at radius 2 is 1.64 bits per heavy atom. The van der Waals surface area contributed by atoms with Crippen LogP contribution in [0.5, 0.6) is 0 Å². The van der Waals surface area contributed by atoms with Crippen molar-refractivity contribution in [2.24, 2.45) is 0 Å². The van der Waals surface area contributed by atoms with E-state index in [0.717, 1.165) is 0 Å². The molecule has 0 aliphatic rings. The summed E-state index contributed by atoms with van der Waals surface area (Å²) in [6, 6.07) is 6.77. The molecule has 2 rings (SSSR count). The van der Waals surface area contributed by atoms with Crippen LogP contribution >= 0.6 is 11.6 Å². The van der Waals surface area contributed by atoms with Gasteiger partial charge in [-0.25, -0.2) is 0 Å². The Morgan fingerprint density at radius 3 is 1.93 bits per heavy atom. The molecule has 0 saturated heterocycles. The monoisotopic (exact) mass is 210 g/mol. The molecular weight excluding hydrogens is 204 g/mol. The van der Waals surface area contributed by atoms with Gasteiger partial charge in [-0.1, -0.05) is 0 Å². The largest absolute Gasteiger partial charge is 0.468 e. The van der Waals surface area contributed by atoms with Gasteiger partial charge in [-0.3, -0.25) is 4.79 Å². The number of furan rings is 2. The Bertz CT molecular complexity index is 368. The van der Waals surface area contributed by atoms with Gasteiger partial charge in [-0.2, -0.15) is 0 Å². The molecule has 14 heavy (non-hydrogen) atoms. The summed E-state index contributed by atoms with van der Waals surface area (Å²) in [7, 11) is 0. The topological polar surface area (TPSA) is 43.4 Å². The van der Waals surface area contributed by atoms with Gasteiger partial charge in [-0.05, 0) is 35.9 Å². The zero-order valence-electron chi connectivity index (χ0n) is 7.14. The second kappa shape index (κ2) is 3.72. The third-order valence-electron chi connectivity index (χ3n) is 1.88. The zero-order valence-corrected chi connectivity index (χ0v) is 7.90. The minimum atomic E-state index is -0.651. The minimum absolute atomic E-state index is 0.486. The van der Waals surface area contributed by atoms with Gasteiger partial charge in [0.1, 0.15) is 17.4 Å². The molecule has 2 aromatic heterocycles. The lowest BCUT2D eigenvalue weighted by molar-refractivity contribution is -0.112. The fourth-order valence-corrected chi connectivity index (χ4v) is 1.49. The summed E-state index contributed by atoms with van der Waals surface area (Å²) < 4.78 is 10.2. The molecule has 3 nitrogen and oxygen atoms in total. The second-order valence-corrected chi connectivity index (χ2v) is 3.14. The number of carbonyl (C=O) groups excluding carboxylic acids is 1. The van der Waals surface area contributed by atoms with E-state index in [0.29, 0.717) is 11.5 Å². The number of hydrogen-bond acceptors (Lipinski definition) is 3. The van der Waals surface area contributed by atoms with Gasteiger partial charge in [0, 0.05) is 0 Å². The molecular formula is C10H7ClO3. The lowest BCUT2D eigenvalue weighted by atomic mass is 10.1. The molecule has 4 heteroatoms. The molecule has 0 amide bonds. The number of rotatable bonds is 3. The number of carbonyl (C=O) groups is 1. The SMILES string of the molecule is O=C(Cl)C(c1ccco1)c1ccco1. The van der Waals surface area contributed by atoms with Crippen molar-refractivity contribution in [2.45, 2.75) is 5.92 Å². The van der Waals surface area contributed by atoms with Gasteiger partial charge < -0.3 is 8.83 Å². The molecule has 0 N–H and O–H groups in total. The van der Waals surface area contributed by atoms with Crippen LogP contribution in [0.2, 0.25) is 0 Å². The Hall–Kier alpha value is -1.48. The molecule has 0 radical (unpaired) electrons. The Kier molecular flexibility index (Phi) is 2.41. The number of hydrogen-bond donors (Lipinski definition) is 0. The van der Waals surface area contributed by atoms with Crippen molar-refractivity contribution in [1.29, 1.82) is 0 Å². The average molecular weight is 211 g/mol. The molecule has 2 heterocycles. The van der Waals surface area contributed by atoms with E-state index < -0.39 is 11.2 Å². The first-order valence-corrected chi connectivity index (χ1v) is 4.43. The van der Waals surface area contributed by atoms with Crippen molar-refractivity contribution >= 4 is 16.8 Å². The first-order valence-electron chi connectivity index (χ1n) is 4.05. The first kappa shape index (κ1) is 9.09. The molecule has 0 aliphatic heterocycles. The lowest BCUT2D eigenvalue weighted by Crippen LogP contribution is -2.06. The lowest BCUT2D eigenvalue weighted by Gasteiger charge is -2.05. The zero-order chi connectivity index (χ0) is 9.97. The second-order valence-electron chi connectivity index (χ2n) is 2.77. The average Bonchev–Trinajstić information content (AvgIpc) is 2.75. The van der Waals surface area contributed by atoms with Crippen molar-refractivity contribution in [3.8, 4) is 0 Å². The van der Waals surface area contributed by atoms with Gasteiger partial charge in [0.15, 0.2) is 0 Å². The van der Waals surface area contributed by atoms with Gasteiger partial charge in [0.2, 0.25) is 5.24 Å². The summed E-state index contributed by atoms with van der Waals surface area (Å²) in [4.78, 5) is 11.2. The standard InChI is InChI=1S/C10H7ClO3/c11-10(12)9(7-3-1-5-13-7)8-4-2-6-14-8/h1-6,9H. The fraction of sp³-hybridized carbons (Fsp3) is 0.100. The number of halogens is 1. The van der Waals surface area contributed by atoms with Crippen molar-refractivity contribution in [3.05, 3.63) is 48.3 Å². The third-order valence-corrected chi connectivity index (χ3v) is 2.10. The molecule has 0 aromatic carbocycles. The smallest absolute Gasteiger partial charge is 0.239 e. The molecule has 0 aliphatic carbocycles. The predicted molar refractivity (Wildman–Crippen MR) is 50.1 cm³/mol. The van der Waals surface area contributed by atoms with Gasteiger partial charge in [-0.15, -0.1) is 0 Å². The molecule has 0 fully saturated rings. The van der Waals surface area contributed by atoms with E-state index in [-0.39, 0.29) is 0 Å². The van der Waals surface area contributed by atoms with Crippen LogP contribution in [0.15, 0.2) is 45.6 Å². The highest BCUT2D eigenvalue weighted by atomic mass is 35.5. The third kappa shape index (κ3) is 1.59. The first-order chi connectivity index (χ1) is 6.79. The Balaban J connectivity index is 2.40. The van der Waals surface area contributed by atoms with E-state index in [2.05, 4.69) is 0 Å². The molecule has 0 spiro atoms. The van der Waals surface area contributed by atoms with E-state index in [1.54, 1.807) is 24.3 Å². The fourth-order valence-electron chi connectivity index (χ4n) is 1.27. The maximum Gasteiger partial charge on any atom is 0.239 e. The van der Waals surface area contributed by atoms with Crippen molar-refractivity contribution in [1.82, 2.24) is 0 Å². The van der Waals surface area contributed by atoms with Gasteiger partial charge >= 0.3 is 0 Å². The summed E-state index contributed by atoms with van der Waals surface area (Å²) in [6.07, 6.45) is 2.98. The molecule has 72 valence electrons. The van der Waals surface area contributed by atoms with Gasteiger partial charge in [0.25, 0.3) is 0 Å². The summed E-state index contributed by atoms with van der Waals surface area (Å²) in [5, 5.41) is -0.519. The molecule has 0 atom stereocenters. The van der Waals surface area contributed by atoms with E-state index in [1.807, 2.05) is 0 Å². The quantitative estimate of drug-likeness (QED) is 0.732. The van der Waals surface area contributed by atoms with E-state index in [9.17, 15) is 4.79 Å². The van der Waals surface area contributed by atoms with E-state index >= 15 is 0 Å². The maximum absolute atomic E-state index is 11.2. The Morgan fingerprint density at radius 1 is 1.14 bits per heavy atom. The van der Waals surface area contributed by atoms with Crippen LogP contribution < -0.4 is 0 Å². The molecule has 0 bridgehead atoms. The minimum Gasteiger partial charge on any atom is -0.468 e. The van der Waals surface area contributed by atoms with Crippen LogP contribution in [0, 0.1) is 0 Å². The summed E-state index contributed by atoms with van der Waals surface area (Å²) in [6.45, 7) is 0. The predicted octanol–water partition coefficient (Wildman–Crippen LogP) is 2.77. The van der Waals surface area contributed by atoms with Crippen molar-refractivity contribution < 1.29 is 13.6 Å². The van der Waals surface area contributed by atoms with Crippen molar-refractivity contribution in [3.63, 3.8) is 0 Å². The van der Waals surface area contributed by atoms with Crippen molar-refractivity contribution in [2.75, 3.05) is 0 Å². The summed E-state index contributed by atoms with van der Waals surface area (Å²) >= 11 is 5.47. The highest BCUT2D eigenvalue weighted by Crippen LogP contribution is 2.27. The van der Waals surface area contributed by atoms with Crippen LogP contribution in [-0.2, 0) is 4.79 Å². The van der Waals surface area contributed by atoms with E-state index in [4.69, 9.17) is 20.4 Å². The Labute approximate surface area is 85.3 Å². The van der Waals surface area contributed by atoms with Crippen LogP contribution in [0.3, 0.4) is 0 Å². The molecule has 2 aromatic rings. The van der Waals surface area contributed by atoms with Crippen LogP contribution in [0.25, 0.3) is 0 Å². The summed E-state index contributed by atoms with van der Waals surface area (Å²) in [5.74, 6) is 0.321. The molecule has 0 saturated carbocycles.